The van der Waals surface area contributed by atoms with E-state index in [1.54, 1.807) is 0 Å². The second kappa shape index (κ2) is 10.5. The van der Waals surface area contributed by atoms with Crippen LogP contribution in [0.3, 0.4) is 0 Å². The largest absolute Gasteiger partial charge is 0.484 e. The second-order valence-corrected chi connectivity index (χ2v) is 8.16. The summed E-state index contributed by atoms with van der Waals surface area (Å²) in [4.78, 5) is 23.8. The molecule has 2 unspecified atom stereocenters. The van der Waals surface area contributed by atoms with Crippen LogP contribution in [0.1, 0.15) is 44.6 Å². The van der Waals surface area contributed by atoms with Crippen LogP contribution in [-0.4, -0.2) is 44.1 Å². The number of nitrogens with one attached hydrogen (secondary N) is 3. The third-order valence-corrected chi connectivity index (χ3v) is 5.62. The predicted octanol–water partition coefficient (Wildman–Crippen LogP) is 2.03. The average molecular weight is 388 g/mol. The molecule has 6 heteroatoms. The Kier molecular flexibility index (Phi) is 7.71. The van der Waals surface area contributed by atoms with Gasteiger partial charge in [0.15, 0.2) is 6.61 Å². The molecule has 1 aromatic carbocycles. The minimum atomic E-state index is -0.0625. The zero-order valence-corrected chi connectivity index (χ0v) is 16.8. The highest BCUT2D eigenvalue weighted by atomic mass is 16.5. The fourth-order valence-electron chi connectivity index (χ4n) is 3.64. The van der Waals surface area contributed by atoms with Crippen LogP contribution in [0.25, 0.3) is 0 Å². The first-order chi connectivity index (χ1) is 13.6. The third kappa shape index (κ3) is 7.15. The Morgan fingerprint density at radius 3 is 2.64 bits per heavy atom. The molecule has 3 N–H and O–H groups in total. The lowest BCUT2D eigenvalue weighted by Gasteiger charge is -2.28. The van der Waals surface area contributed by atoms with Crippen LogP contribution in [0, 0.1) is 11.8 Å². The number of rotatable bonds is 10. The van der Waals surface area contributed by atoms with Gasteiger partial charge < -0.3 is 20.7 Å². The van der Waals surface area contributed by atoms with E-state index in [1.807, 2.05) is 24.3 Å². The Hall–Kier alpha value is -2.08. The summed E-state index contributed by atoms with van der Waals surface area (Å²) in [5.41, 5.74) is 1.14. The van der Waals surface area contributed by atoms with Crippen molar-refractivity contribution in [3.05, 3.63) is 29.8 Å². The highest BCUT2D eigenvalue weighted by molar-refractivity contribution is 5.78. The summed E-state index contributed by atoms with van der Waals surface area (Å²) in [5, 5.41) is 9.36. The van der Waals surface area contributed by atoms with Gasteiger partial charge in [0.25, 0.3) is 5.91 Å². The second-order valence-electron chi connectivity index (χ2n) is 8.16. The number of hydrogen-bond donors (Lipinski definition) is 3. The van der Waals surface area contributed by atoms with Gasteiger partial charge in [0.05, 0.1) is 0 Å². The molecule has 2 amide bonds. The van der Waals surface area contributed by atoms with Gasteiger partial charge in [-0.1, -0.05) is 19.1 Å². The predicted molar refractivity (Wildman–Crippen MR) is 109 cm³/mol. The number of piperidine rings is 1. The molecule has 2 fully saturated rings. The van der Waals surface area contributed by atoms with Gasteiger partial charge in [0.2, 0.25) is 5.91 Å². The Balaban J connectivity index is 1.30. The SMILES string of the molecule is CC(CC(=O)NCCc1ccc(OCC(=O)NC2CC2)cc1)C1CCCNC1. The molecule has 1 saturated heterocycles. The summed E-state index contributed by atoms with van der Waals surface area (Å²) in [6.45, 7) is 5.01. The molecule has 1 aromatic rings. The summed E-state index contributed by atoms with van der Waals surface area (Å²) in [6.07, 6.45) is 5.97. The van der Waals surface area contributed by atoms with Gasteiger partial charge in [0, 0.05) is 19.0 Å². The van der Waals surface area contributed by atoms with Gasteiger partial charge >= 0.3 is 0 Å². The van der Waals surface area contributed by atoms with E-state index in [9.17, 15) is 9.59 Å². The molecule has 0 bridgehead atoms. The monoisotopic (exact) mass is 387 g/mol. The first kappa shape index (κ1) is 20.6. The van der Waals surface area contributed by atoms with Gasteiger partial charge in [-0.3, -0.25) is 9.59 Å². The molecule has 1 aliphatic heterocycles. The molecule has 6 nitrogen and oxygen atoms in total. The standard InChI is InChI=1S/C22H33N3O3/c1-16(18-3-2-11-23-14-18)13-21(26)24-12-10-17-4-8-20(9-5-17)28-15-22(27)25-19-6-7-19/h4-5,8-9,16,18-19,23H,2-3,6-7,10-15H2,1H3,(H,24,26)(H,25,27). The van der Waals surface area contributed by atoms with Crippen LogP contribution in [0.15, 0.2) is 24.3 Å². The first-order valence-electron chi connectivity index (χ1n) is 10.6. The van der Waals surface area contributed by atoms with Crippen molar-refractivity contribution >= 4 is 11.8 Å². The van der Waals surface area contributed by atoms with Crippen LogP contribution >= 0.6 is 0 Å². The molecule has 154 valence electrons. The molecule has 2 aliphatic rings. The number of hydrogen-bond acceptors (Lipinski definition) is 4. The van der Waals surface area contributed by atoms with E-state index in [-0.39, 0.29) is 18.4 Å². The van der Waals surface area contributed by atoms with Crippen molar-refractivity contribution in [1.82, 2.24) is 16.0 Å². The molecular weight excluding hydrogens is 354 g/mol. The topological polar surface area (TPSA) is 79.5 Å². The van der Waals surface area contributed by atoms with Gasteiger partial charge in [-0.15, -0.1) is 0 Å². The van der Waals surface area contributed by atoms with E-state index in [1.165, 1.54) is 12.8 Å². The number of carbonyl (C=O) groups excluding carboxylic acids is 2. The normalized spacial score (nSPS) is 20.2. The number of carbonyl (C=O) groups is 2. The molecule has 28 heavy (non-hydrogen) atoms. The highest BCUT2D eigenvalue weighted by Crippen LogP contribution is 2.22. The first-order valence-corrected chi connectivity index (χ1v) is 10.6. The smallest absolute Gasteiger partial charge is 0.258 e. The van der Waals surface area contributed by atoms with Gasteiger partial charge in [-0.25, -0.2) is 0 Å². The Morgan fingerprint density at radius 1 is 1.18 bits per heavy atom. The minimum absolute atomic E-state index is 0.0562. The molecule has 1 saturated carbocycles. The minimum Gasteiger partial charge on any atom is -0.484 e. The van der Waals surface area contributed by atoms with E-state index in [0.717, 1.165) is 37.9 Å². The van der Waals surface area contributed by atoms with E-state index >= 15 is 0 Å². The summed E-state index contributed by atoms with van der Waals surface area (Å²) >= 11 is 0. The molecule has 1 heterocycles. The Labute approximate surface area is 167 Å². The van der Waals surface area contributed by atoms with E-state index in [4.69, 9.17) is 4.74 Å². The van der Waals surface area contributed by atoms with Gasteiger partial charge in [-0.05, 0) is 74.7 Å². The lowest BCUT2D eigenvalue weighted by atomic mass is 9.85. The maximum absolute atomic E-state index is 12.2. The lowest BCUT2D eigenvalue weighted by molar-refractivity contribution is -0.123. The summed E-state index contributed by atoms with van der Waals surface area (Å²) in [7, 11) is 0. The van der Waals surface area contributed by atoms with Crippen molar-refractivity contribution in [2.24, 2.45) is 11.8 Å². The number of ether oxygens (including phenoxy) is 1. The number of amides is 2. The maximum Gasteiger partial charge on any atom is 0.258 e. The fourth-order valence-corrected chi connectivity index (χ4v) is 3.64. The van der Waals surface area contributed by atoms with Crippen molar-refractivity contribution in [2.45, 2.75) is 51.5 Å². The summed E-state index contributed by atoms with van der Waals surface area (Å²) in [5.74, 6) is 1.79. The van der Waals surface area contributed by atoms with Gasteiger partial charge in [0.1, 0.15) is 5.75 Å². The molecule has 2 atom stereocenters. The molecular formula is C22H33N3O3. The van der Waals surface area contributed by atoms with E-state index < -0.39 is 0 Å². The zero-order valence-electron chi connectivity index (χ0n) is 16.8. The van der Waals surface area contributed by atoms with Crippen LogP contribution in [0.4, 0.5) is 0 Å². The Morgan fingerprint density at radius 2 is 1.96 bits per heavy atom. The highest BCUT2D eigenvalue weighted by Gasteiger charge is 2.23. The summed E-state index contributed by atoms with van der Waals surface area (Å²) < 4.78 is 5.51. The van der Waals surface area contributed by atoms with Crippen molar-refractivity contribution < 1.29 is 14.3 Å². The lowest BCUT2D eigenvalue weighted by Crippen LogP contribution is -2.36. The van der Waals surface area contributed by atoms with Crippen LogP contribution in [-0.2, 0) is 16.0 Å². The summed E-state index contributed by atoms with van der Waals surface area (Å²) in [6, 6.07) is 8.07. The van der Waals surface area contributed by atoms with Crippen LogP contribution in [0.5, 0.6) is 5.75 Å². The molecule has 0 radical (unpaired) electrons. The van der Waals surface area contributed by atoms with E-state index in [0.29, 0.717) is 36.6 Å². The molecule has 3 rings (SSSR count). The maximum atomic E-state index is 12.2. The zero-order chi connectivity index (χ0) is 19.8. The average Bonchev–Trinajstić information content (AvgIpc) is 3.52. The fraction of sp³-hybridized carbons (Fsp3) is 0.636. The molecule has 0 aromatic heterocycles. The van der Waals surface area contributed by atoms with Gasteiger partial charge in [-0.2, -0.15) is 0 Å². The van der Waals surface area contributed by atoms with Crippen molar-refractivity contribution in [2.75, 3.05) is 26.2 Å². The quantitative estimate of drug-likeness (QED) is 0.574. The third-order valence-electron chi connectivity index (χ3n) is 5.62. The van der Waals surface area contributed by atoms with E-state index in [2.05, 4.69) is 22.9 Å². The van der Waals surface area contributed by atoms with Crippen molar-refractivity contribution in [3.8, 4) is 5.75 Å². The molecule has 0 spiro atoms. The molecule has 1 aliphatic carbocycles. The van der Waals surface area contributed by atoms with Crippen LogP contribution in [0.2, 0.25) is 0 Å². The van der Waals surface area contributed by atoms with Crippen molar-refractivity contribution in [1.29, 1.82) is 0 Å². The van der Waals surface area contributed by atoms with Crippen LogP contribution < -0.4 is 20.7 Å². The number of benzene rings is 1. The van der Waals surface area contributed by atoms with Crippen molar-refractivity contribution in [3.63, 3.8) is 0 Å². The Bertz CT molecular complexity index is 637.